The van der Waals surface area contributed by atoms with Crippen molar-refractivity contribution < 1.29 is 9.53 Å². The van der Waals surface area contributed by atoms with Gasteiger partial charge in [-0.1, -0.05) is 43.3 Å². The normalized spacial score (nSPS) is 10.1. The Kier molecular flexibility index (Phi) is 4.13. The molecule has 2 aromatic carbocycles. The summed E-state index contributed by atoms with van der Waals surface area (Å²) in [4.78, 5) is 11.5. The molecule has 0 aromatic heterocycles. The molecule has 18 heavy (non-hydrogen) atoms. The summed E-state index contributed by atoms with van der Waals surface area (Å²) in [6, 6.07) is 17.3. The molecule has 0 aliphatic carbocycles. The van der Waals surface area contributed by atoms with Crippen LogP contribution < -0.4 is 4.74 Å². The molecular weight excluding hydrogens is 224 g/mol. The van der Waals surface area contributed by atoms with Crippen LogP contribution in [0.4, 0.5) is 0 Å². The Bertz CT molecular complexity index is 518. The first kappa shape index (κ1) is 12.4. The molecule has 2 rings (SSSR count). The number of benzene rings is 2. The van der Waals surface area contributed by atoms with E-state index in [0.29, 0.717) is 12.8 Å². The van der Waals surface area contributed by atoms with Gasteiger partial charge in [0.15, 0.2) is 0 Å². The Hall–Kier alpha value is -2.09. The fourth-order valence-electron chi connectivity index (χ4n) is 1.70. The van der Waals surface area contributed by atoms with Gasteiger partial charge >= 0.3 is 0 Å². The molecule has 0 fully saturated rings. The van der Waals surface area contributed by atoms with Crippen LogP contribution in [0.2, 0.25) is 0 Å². The summed E-state index contributed by atoms with van der Waals surface area (Å²) >= 11 is 0. The number of carbonyl (C=O) groups is 1. The molecule has 0 radical (unpaired) electrons. The van der Waals surface area contributed by atoms with Crippen LogP contribution in [-0.2, 0) is 11.2 Å². The highest BCUT2D eigenvalue weighted by atomic mass is 16.5. The van der Waals surface area contributed by atoms with Crippen molar-refractivity contribution in [3.63, 3.8) is 0 Å². The lowest BCUT2D eigenvalue weighted by Gasteiger charge is -2.10. The number of rotatable bonds is 5. The van der Waals surface area contributed by atoms with Gasteiger partial charge in [0.2, 0.25) is 0 Å². The third kappa shape index (κ3) is 3.20. The third-order valence-corrected chi connectivity index (χ3v) is 2.73. The number of ether oxygens (including phenoxy) is 1. The minimum absolute atomic E-state index is 0.221. The summed E-state index contributed by atoms with van der Waals surface area (Å²) in [5.74, 6) is 1.76. The van der Waals surface area contributed by atoms with Gasteiger partial charge in [0, 0.05) is 18.4 Å². The van der Waals surface area contributed by atoms with Crippen molar-refractivity contribution in [2.45, 2.75) is 19.8 Å². The zero-order valence-corrected chi connectivity index (χ0v) is 10.4. The van der Waals surface area contributed by atoms with Crippen molar-refractivity contribution in [2.24, 2.45) is 0 Å². The molecular formula is C16H16O2. The fraction of sp³-hybridized carbons (Fsp3) is 0.188. The lowest BCUT2D eigenvalue weighted by atomic mass is 10.1. The molecule has 0 unspecified atom stereocenters. The van der Waals surface area contributed by atoms with Crippen LogP contribution >= 0.6 is 0 Å². The molecule has 2 aromatic rings. The summed E-state index contributed by atoms with van der Waals surface area (Å²) < 4.78 is 5.80. The molecule has 0 heterocycles. The summed E-state index contributed by atoms with van der Waals surface area (Å²) in [6.45, 7) is 1.88. The quantitative estimate of drug-likeness (QED) is 0.789. The van der Waals surface area contributed by atoms with E-state index < -0.39 is 0 Å². The molecule has 2 heteroatoms. The lowest BCUT2D eigenvalue weighted by Crippen LogP contribution is -2.02. The van der Waals surface area contributed by atoms with Crippen LogP contribution in [0.25, 0.3) is 0 Å². The Labute approximate surface area is 107 Å². The number of Topliss-reactive ketones (excluding diaryl/α,β-unsaturated/α-hetero) is 1. The van der Waals surface area contributed by atoms with Crippen LogP contribution in [0, 0.1) is 0 Å². The maximum Gasteiger partial charge on any atom is 0.137 e. The topological polar surface area (TPSA) is 26.3 Å². The number of ketones is 1. The van der Waals surface area contributed by atoms with Gasteiger partial charge in [0.1, 0.15) is 17.3 Å². The Balaban J connectivity index is 2.20. The minimum atomic E-state index is 0.221. The highest BCUT2D eigenvalue weighted by molar-refractivity contribution is 5.81. The first-order chi connectivity index (χ1) is 8.79. The van der Waals surface area contributed by atoms with E-state index in [1.165, 1.54) is 0 Å². The molecule has 0 aliphatic rings. The summed E-state index contributed by atoms with van der Waals surface area (Å²) in [6.07, 6.45) is 0.985. The molecule has 0 aliphatic heterocycles. The molecule has 0 saturated heterocycles. The van der Waals surface area contributed by atoms with Crippen molar-refractivity contribution in [3.05, 3.63) is 60.2 Å². The predicted molar refractivity (Wildman–Crippen MR) is 72.0 cm³/mol. The molecule has 2 nitrogen and oxygen atoms in total. The van der Waals surface area contributed by atoms with Gasteiger partial charge < -0.3 is 4.74 Å². The van der Waals surface area contributed by atoms with Crippen LogP contribution in [-0.4, -0.2) is 5.78 Å². The van der Waals surface area contributed by atoms with E-state index in [-0.39, 0.29) is 5.78 Å². The largest absolute Gasteiger partial charge is 0.457 e. The second-order valence-electron chi connectivity index (χ2n) is 4.09. The molecule has 0 spiro atoms. The van der Waals surface area contributed by atoms with Crippen molar-refractivity contribution >= 4 is 5.78 Å². The third-order valence-electron chi connectivity index (χ3n) is 2.73. The molecule has 0 N–H and O–H groups in total. The van der Waals surface area contributed by atoms with Crippen molar-refractivity contribution in [2.75, 3.05) is 0 Å². The van der Waals surface area contributed by atoms with Gasteiger partial charge in [-0.25, -0.2) is 0 Å². The van der Waals surface area contributed by atoms with Crippen LogP contribution in [0.15, 0.2) is 54.6 Å². The highest BCUT2D eigenvalue weighted by Crippen LogP contribution is 2.25. The molecule has 92 valence electrons. The highest BCUT2D eigenvalue weighted by Gasteiger charge is 2.07. The SMILES string of the molecule is CCC(=O)Cc1ccccc1Oc1ccccc1. The predicted octanol–water partition coefficient (Wildman–Crippen LogP) is 4.00. The standard InChI is InChI=1S/C16H16O2/c1-2-14(17)12-13-8-6-7-11-16(13)18-15-9-4-3-5-10-15/h3-11H,2,12H2,1H3. The van der Waals surface area contributed by atoms with E-state index in [2.05, 4.69) is 0 Å². The molecule has 0 amide bonds. The number of carbonyl (C=O) groups excluding carboxylic acids is 1. The minimum Gasteiger partial charge on any atom is -0.457 e. The first-order valence-corrected chi connectivity index (χ1v) is 6.12. The van der Waals surface area contributed by atoms with E-state index in [1.54, 1.807) is 0 Å². The maximum atomic E-state index is 11.5. The van der Waals surface area contributed by atoms with Crippen LogP contribution in [0.3, 0.4) is 0 Å². The number of para-hydroxylation sites is 2. The smallest absolute Gasteiger partial charge is 0.137 e. The van der Waals surface area contributed by atoms with Gasteiger partial charge in [-0.15, -0.1) is 0 Å². The lowest BCUT2D eigenvalue weighted by molar-refractivity contribution is -0.118. The van der Waals surface area contributed by atoms with E-state index in [1.807, 2.05) is 61.5 Å². The van der Waals surface area contributed by atoms with E-state index >= 15 is 0 Å². The molecule has 0 bridgehead atoms. The average Bonchev–Trinajstić information content (AvgIpc) is 2.42. The summed E-state index contributed by atoms with van der Waals surface area (Å²) in [5.41, 5.74) is 0.938. The molecule has 0 saturated carbocycles. The van der Waals surface area contributed by atoms with E-state index in [9.17, 15) is 4.79 Å². The second-order valence-corrected chi connectivity index (χ2v) is 4.09. The Morgan fingerprint density at radius 3 is 2.39 bits per heavy atom. The maximum absolute atomic E-state index is 11.5. The zero-order valence-electron chi connectivity index (χ0n) is 10.4. The average molecular weight is 240 g/mol. The monoisotopic (exact) mass is 240 g/mol. The second kappa shape index (κ2) is 6.01. The number of hydrogen-bond acceptors (Lipinski definition) is 2. The van der Waals surface area contributed by atoms with Gasteiger partial charge in [0.05, 0.1) is 0 Å². The number of hydrogen-bond donors (Lipinski definition) is 0. The van der Waals surface area contributed by atoms with Gasteiger partial charge in [0.25, 0.3) is 0 Å². The fourth-order valence-corrected chi connectivity index (χ4v) is 1.70. The van der Waals surface area contributed by atoms with Crippen molar-refractivity contribution in [1.29, 1.82) is 0 Å². The summed E-state index contributed by atoms with van der Waals surface area (Å²) in [5, 5.41) is 0. The van der Waals surface area contributed by atoms with Crippen molar-refractivity contribution in [3.8, 4) is 11.5 Å². The first-order valence-electron chi connectivity index (χ1n) is 6.12. The van der Waals surface area contributed by atoms with Crippen LogP contribution in [0.5, 0.6) is 11.5 Å². The Morgan fingerprint density at radius 2 is 1.67 bits per heavy atom. The molecule has 0 atom stereocenters. The Morgan fingerprint density at radius 1 is 1.00 bits per heavy atom. The van der Waals surface area contributed by atoms with Gasteiger partial charge in [-0.2, -0.15) is 0 Å². The van der Waals surface area contributed by atoms with Crippen molar-refractivity contribution in [1.82, 2.24) is 0 Å². The van der Waals surface area contributed by atoms with Gasteiger partial charge in [-0.3, -0.25) is 4.79 Å². The zero-order chi connectivity index (χ0) is 12.8. The van der Waals surface area contributed by atoms with E-state index in [0.717, 1.165) is 17.1 Å². The van der Waals surface area contributed by atoms with Gasteiger partial charge in [-0.05, 0) is 18.2 Å². The summed E-state index contributed by atoms with van der Waals surface area (Å²) in [7, 11) is 0. The van der Waals surface area contributed by atoms with Crippen LogP contribution in [0.1, 0.15) is 18.9 Å². The van der Waals surface area contributed by atoms with E-state index in [4.69, 9.17) is 4.74 Å².